The van der Waals surface area contributed by atoms with Crippen LogP contribution in [-0.4, -0.2) is 13.1 Å². The normalized spacial score (nSPS) is 12.5. The maximum Gasteiger partial charge on any atom is 0.148 e. The summed E-state index contributed by atoms with van der Waals surface area (Å²) in [5.41, 5.74) is 1.74. The monoisotopic (exact) mass is 283 g/mol. The van der Waals surface area contributed by atoms with E-state index in [0.717, 1.165) is 13.1 Å². The SMILES string of the molecule is CC(C)CNC/C(=C/c1cccc(Cl)c1F)C(C)C. The minimum absolute atomic E-state index is 0.173. The third-order valence-electron chi connectivity index (χ3n) is 2.95. The first-order valence-electron chi connectivity index (χ1n) is 6.77. The molecule has 0 spiro atoms. The standard InChI is InChI=1S/C16H23ClFN/c1-11(2)9-19-10-14(12(3)4)8-13-6-5-7-15(17)16(13)18/h5-8,11-12,19H,9-10H2,1-4H3/b14-8-. The van der Waals surface area contributed by atoms with Crippen LogP contribution in [0.5, 0.6) is 0 Å². The number of benzene rings is 1. The summed E-state index contributed by atoms with van der Waals surface area (Å²) in [6.45, 7) is 10.3. The Morgan fingerprint density at radius 1 is 1.32 bits per heavy atom. The molecule has 0 saturated carbocycles. The molecule has 1 aromatic rings. The molecule has 0 aliphatic heterocycles. The van der Waals surface area contributed by atoms with Crippen LogP contribution in [0.15, 0.2) is 23.8 Å². The Morgan fingerprint density at radius 2 is 2.00 bits per heavy atom. The highest BCUT2D eigenvalue weighted by atomic mass is 35.5. The van der Waals surface area contributed by atoms with Gasteiger partial charge in [-0.3, -0.25) is 0 Å². The van der Waals surface area contributed by atoms with E-state index in [-0.39, 0.29) is 10.8 Å². The van der Waals surface area contributed by atoms with Crippen molar-refractivity contribution in [2.24, 2.45) is 11.8 Å². The fourth-order valence-corrected chi connectivity index (χ4v) is 1.94. The fourth-order valence-electron chi connectivity index (χ4n) is 1.76. The lowest BCUT2D eigenvalue weighted by Gasteiger charge is -2.14. The van der Waals surface area contributed by atoms with Crippen molar-refractivity contribution in [3.8, 4) is 0 Å². The molecular weight excluding hydrogens is 261 g/mol. The lowest BCUT2D eigenvalue weighted by Crippen LogP contribution is -2.23. The van der Waals surface area contributed by atoms with Crippen LogP contribution in [0, 0.1) is 17.7 Å². The maximum absolute atomic E-state index is 13.9. The summed E-state index contributed by atoms with van der Waals surface area (Å²) in [6.07, 6.45) is 1.90. The average Bonchev–Trinajstić information content (AvgIpc) is 2.32. The van der Waals surface area contributed by atoms with Gasteiger partial charge in [-0.25, -0.2) is 4.39 Å². The van der Waals surface area contributed by atoms with E-state index >= 15 is 0 Å². The zero-order valence-corrected chi connectivity index (χ0v) is 12.9. The van der Waals surface area contributed by atoms with Crippen molar-refractivity contribution in [1.82, 2.24) is 5.32 Å². The summed E-state index contributed by atoms with van der Waals surface area (Å²) >= 11 is 5.80. The van der Waals surface area contributed by atoms with Crippen molar-refractivity contribution < 1.29 is 4.39 Å². The van der Waals surface area contributed by atoms with Gasteiger partial charge < -0.3 is 5.32 Å². The summed E-state index contributed by atoms with van der Waals surface area (Å²) in [5.74, 6) is 0.639. The smallest absolute Gasteiger partial charge is 0.148 e. The van der Waals surface area contributed by atoms with Gasteiger partial charge in [0.2, 0.25) is 0 Å². The fraction of sp³-hybridized carbons (Fsp3) is 0.500. The van der Waals surface area contributed by atoms with Gasteiger partial charge in [0.25, 0.3) is 0 Å². The molecule has 3 heteroatoms. The molecular formula is C16H23ClFN. The van der Waals surface area contributed by atoms with Gasteiger partial charge in [0.05, 0.1) is 5.02 Å². The topological polar surface area (TPSA) is 12.0 Å². The minimum atomic E-state index is -0.342. The molecule has 1 N–H and O–H groups in total. The van der Waals surface area contributed by atoms with Crippen LogP contribution in [0.3, 0.4) is 0 Å². The van der Waals surface area contributed by atoms with Crippen LogP contribution in [0.4, 0.5) is 4.39 Å². The summed E-state index contributed by atoms with van der Waals surface area (Å²) in [6, 6.07) is 5.10. The Balaban J connectivity index is 2.86. The van der Waals surface area contributed by atoms with Crippen molar-refractivity contribution in [3.63, 3.8) is 0 Å². The van der Waals surface area contributed by atoms with Crippen LogP contribution < -0.4 is 5.32 Å². The molecule has 0 aliphatic carbocycles. The number of hydrogen-bond acceptors (Lipinski definition) is 1. The molecule has 106 valence electrons. The summed E-state index contributed by atoms with van der Waals surface area (Å²) in [7, 11) is 0. The number of halogens is 2. The van der Waals surface area contributed by atoms with Crippen LogP contribution in [-0.2, 0) is 0 Å². The molecule has 1 aromatic carbocycles. The van der Waals surface area contributed by atoms with Crippen LogP contribution in [0.1, 0.15) is 33.3 Å². The predicted molar refractivity (Wildman–Crippen MR) is 81.9 cm³/mol. The Bertz CT molecular complexity index is 438. The first-order chi connectivity index (χ1) is 8.91. The number of rotatable bonds is 6. The largest absolute Gasteiger partial charge is 0.313 e. The second kappa shape index (κ2) is 7.66. The Hall–Kier alpha value is -0.860. The van der Waals surface area contributed by atoms with E-state index in [1.807, 2.05) is 6.08 Å². The summed E-state index contributed by atoms with van der Waals surface area (Å²) in [4.78, 5) is 0. The molecule has 0 unspecified atom stereocenters. The van der Waals surface area contributed by atoms with E-state index in [1.54, 1.807) is 18.2 Å². The van der Waals surface area contributed by atoms with E-state index in [9.17, 15) is 4.39 Å². The molecule has 0 bridgehead atoms. The zero-order valence-electron chi connectivity index (χ0n) is 12.1. The predicted octanol–water partition coefficient (Wildman–Crippen LogP) is 4.76. The molecule has 0 atom stereocenters. The van der Waals surface area contributed by atoms with Gasteiger partial charge in [-0.1, -0.05) is 63.1 Å². The van der Waals surface area contributed by atoms with Gasteiger partial charge in [0.15, 0.2) is 0 Å². The molecule has 19 heavy (non-hydrogen) atoms. The molecule has 1 nitrogen and oxygen atoms in total. The number of hydrogen-bond donors (Lipinski definition) is 1. The van der Waals surface area contributed by atoms with Crippen molar-refractivity contribution in [2.75, 3.05) is 13.1 Å². The van der Waals surface area contributed by atoms with Crippen LogP contribution in [0.25, 0.3) is 6.08 Å². The van der Waals surface area contributed by atoms with E-state index in [4.69, 9.17) is 11.6 Å². The molecule has 0 heterocycles. The van der Waals surface area contributed by atoms with Crippen LogP contribution >= 0.6 is 11.6 Å². The van der Waals surface area contributed by atoms with Gasteiger partial charge in [-0.15, -0.1) is 0 Å². The van der Waals surface area contributed by atoms with E-state index in [2.05, 4.69) is 33.0 Å². The second-order valence-electron chi connectivity index (χ2n) is 5.54. The van der Waals surface area contributed by atoms with Crippen molar-refractivity contribution in [1.29, 1.82) is 0 Å². The molecule has 0 radical (unpaired) electrons. The highest BCUT2D eigenvalue weighted by molar-refractivity contribution is 6.30. The molecule has 1 rings (SSSR count). The van der Waals surface area contributed by atoms with Gasteiger partial charge in [0.1, 0.15) is 5.82 Å². The Kier molecular flexibility index (Phi) is 6.53. The first-order valence-corrected chi connectivity index (χ1v) is 7.14. The zero-order chi connectivity index (χ0) is 14.4. The lowest BCUT2D eigenvalue weighted by atomic mass is 10.00. The Morgan fingerprint density at radius 3 is 2.58 bits per heavy atom. The van der Waals surface area contributed by atoms with Gasteiger partial charge in [-0.05, 0) is 24.4 Å². The number of nitrogens with one attached hydrogen (secondary N) is 1. The van der Waals surface area contributed by atoms with E-state index in [1.165, 1.54) is 5.57 Å². The second-order valence-corrected chi connectivity index (χ2v) is 5.95. The first kappa shape index (κ1) is 16.2. The molecule has 0 aliphatic rings. The molecule has 0 amide bonds. The van der Waals surface area contributed by atoms with Crippen molar-refractivity contribution in [2.45, 2.75) is 27.7 Å². The molecule has 0 aromatic heterocycles. The van der Waals surface area contributed by atoms with Crippen molar-refractivity contribution in [3.05, 3.63) is 40.2 Å². The van der Waals surface area contributed by atoms with Crippen molar-refractivity contribution >= 4 is 17.7 Å². The highest BCUT2D eigenvalue weighted by Gasteiger charge is 2.08. The summed E-state index contributed by atoms with van der Waals surface area (Å²) in [5, 5.41) is 3.57. The maximum atomic E-state index is 13.9. The van der Waals surface area contributed by atoms with E-state index < -0.39 is 0 Å². The van der Waals surface area contributed by atoms with Gasteiger partial charge in [-0.2, -0.15) is 0 Å². The minimum Gasteiger partial charge on any atom is -0.313 e. The third-order valence-corrected chi connectivity index (χ3v) is 3.24. The lowest BCUT2D eigenvalue weighted by molar-refractivity contribution is 0.558. The van der Waals surface area contributed by atoms with Crippen LogP contribution in [0.2, 0.25) is 5.02 Å². The molecule has 0 saturated heterocycles. The Labute approximate surface area is 120 Å². The quantitative estimate of drug-likeness (QED) is 0.793. The average molecular weight is 284 g/mol. The van der Waals surface area contributed by atoms with Gasteiger partial charge >= 0.3 is 0 Å². The highest BCUT2D eigenvalue weighted by Crippen LogP contribution is 2.22. The summed E-state index contributed by atoms with van der Waals surface area (Å²) < 4.78 is 13.9. The third kappa shape index (κ3) is 5.33. The van der Waals surface area contributed by atoms with Gasteiger partial charge in [0, 0.05) is 12.1 Å². The van der Waals surface area contributed by atoms with E-state index in [0.29, 0.717) is 17.4 Å². The molecule has 0 fully saturated rings.